The van der Waals surface area contributed by atoms with Crippen molar-refractivity contribution in [2.24, 2.45) is 0 Å². The summed E-state index contributed by atoms with van der Waals surface area (Å²) in [4.78, 5) is 5.49. The molecule has 2 nitrogen and oxygen atoms in total. The van der Waals surface area contributed by atoms with Crippen LogP contribution in [0.15, 0.2) is 6.07 Å². The van der Waals surface area contributed by atoms with E-state index in [9.17, 15) is 0 Å². The van der Waals surface area contributed by atoms with Crippen LogP contribution in [-0.4, -0.2) is 30.6 Å². The monoisotopic (exact) mass is 266 g/mol. The average molecular weight is 266 g/mol. The van der Waals surface area contributed by atoms with Crippen molar-refractivity contribution in [1.29, 1.82) is 0 Å². The van der Waals surface area contributed by atoms with Crippen LogP contribution in [0.3, 0.4) is 0 Å². The van der Waals surface area contributed by atoms with E-state index in [1.807, 2.05) is 11.3 Å². The quantitative estimate of drug-likeness (QED) is 0.877. The molecule has 1 fully saturated rings. The summed E-state index contributed by atoms with van der Waals surface area (Å²) in [6.45, 7) is 12.6. The van der Waals surface area contributed by atoms with Crippen molar-refractivity contribution in [2.75, 3.05) is 19.6 Å². The second kappa shape index (κ2) is 6.18. The van der Waals surface area contributed by atoms with Crippen molar-refractivity contribution < 1.29 is 0 Å². The Morgan fingerprint density at radius 3 is 2.89 bits per heavy atom. The third-order valence-corrected chi connectivity index (χ3v) is 5.09. The molecule has 0 aromatic carbocycles. The van der Waals surface area contributed by atoms with Gasteiger partial charge in [0.2, 0.25) is 0 Å². The van der Waals surface area contributed by atoms with Crippen LogP contribution in [0.25, 0.3) is 0 Å². The van der Waals surface area contributed by atoms with E-state index < -0.39 is 0 Å². The highest BCUT2D eigenvalue weighted by Crippen LogP contribution is 2.26. The maximum Gasteiger partial charge on any atom is 0.0303 e. The molecule has 1 N–H and O–H groups in total. The second-order valence-corrected chi connectivity index (χ2v) is 6.88. The van der Waals surface area contributed by atoms with Crippen molar-refractivity contribution in [3.8, 4) is 0 Å². The van der Waals surface area contributed by atoms with Crippen LogP contribution >= 0.6 is 11.3 Å². The molecule has 2 heterocycles. The fourth-order valence-corrected chi connectivity index (χ4v) is 4.07. The number of nitrogens with zero attached hydrogens (tertiary/aromatic N) is 1. The molecule has 0 bridgehead atoms. The standard InChI is InChI=1S/C15H26N2S/c1-5-17-8-6-7-14(17)10-16-12(3)15-9-11(2)18-13(15)4/h9,12,14,16H,5-8,10H2,1-4H3. The zero-order chi connectivity index (χ0) is 13.1. The lowest BCUT2D eigenvalue weighted by molar-refractivity contribution is 0.255. The lowest BCUT2D eigenvalue weighted by Crippen LogP contribution is -2.38. The summed E-state index contributed by atoms with van der Waals surface area (Å²) in [5, 5.41) is 3.72. The predicted octanol–water partition coefficient (Wildman–Crippen LogP) is 3.50. The largest absolute Gasteiger partial charge is 0.309 e. The lowest BCUT2D eigenvalue weighted by atomic mass is 10.1. The van der Waals surface area contributed by atoms with Gasteiger partial charge in [-0.1, -0.05) is 6.92 Å². The summed E-state index contributed by atoms with van der Waals surface area (Å²) in [5.41, 5.74) is 1.48. The first-order valence-corrected chi connectivity index (χ1v) is 7.97. The highest BCUT2D eigenvalue weighted by Gasteiger charge is 2.23. The summed E-state index contributed by atoms with van der Waals surface area (Å²) in [5.74, 6) is 0. The predicted molar refractivity (Wildman–Crippen MR) is 80.5 cm³/mol. The number of thiophene rings is 1. The van der Waals surface area contributed by atoms with E-state index in [0.29, 0.717) is 6.04 Å². The van der Waals surface area contributed by atoms with Gasteiger partial charge in [0.1, 0.15) is 0 Å². The fraction of sp³-hybridized carbons (Fsp3) is 0.733. The molecule has 3 heteroatoms. The summed E-state index contributed by atoms with van der Waals surface area (Å²) < 4.78 is 0. The van der Waals surface area contributed by atoms with Crippen LogP contribution in [0.4, 0.5) is 0 Å². The number of likely N-dealkylation sites (N-methyl/N-ethyl adjacent to an activating group) is 1. The highest BCUT2D eigenvalue weighted by atomic mass is 32.1. The molecule has 1 saturated heterocycles. The molecule has 2 atom stereocenters. The summed E-state index contributed by atoms with van der Waals surface area (Å²) in [6, 6.07) is 3.57. The molecule has 102 valence electrons. The van der Waals surface area contributed by atoms with Crippen LogP contribution in [0.5, 0.6) is 0 Å². The van der Waals surface area contributed by atoms with E-state index in [4.69, 9.17) is 0 Å². The Labute approximate surface area is 115 Å². The number of aryl methyl sites for hydroxylation is 2. The topological polar surface area (TPSA) is 15.3 Å². The van der Waals surface area contributed by atoms with Gasteiger partial charge in [-0.2, -0.15) is 0 Å². The van der Waals surface area contributed by atoms with Gasteiger partial charge in [0.05, 0.1) is 0 Å². The zero-order valence-corrected chi connectivity index (χ0v) is 12.9. The van der Waals surface area contributed by atoms with Crippen LogP contribution in [0.2, 0.25) is 0 Å². The van der Waals surface area contributed by atoms with Crippen LogP contribution < -0.4 is 5.32 Å². The van der Waals surface area contributed by atoms with Gasteiger partial charge in [0, 0.05) is 28.4 Å². The van der Waals surface area contributed by atoms with Crippen molar-refractivity contribution >= 4 is 11.3 Å². The van der Waals surface area contributed by atoms with E-state index in [2.05, 4.69) is 44.0 Å². The van der Waals surface area contributed by atoms with Gasteiger partial charge >= 0.3 is 0 Å². The van der Waals surface area contributed by atoms with Gasteiger partial charge < -0.3 is 5.32 Å². The van der Waals surface area contributed by atoms with Crippen LogP contribution in [-0.2, 0) is 0 Å². The van der Waals surface area contributed by atoms with Gasteiger partial charge in [0.25, 0.3) is 0 Å². The number of hydrogen-bond acceptors (Lipinski definition) is 3. The number of hydrogen-bond donors (Lipinski definition) is 1. The molecule has 1 aromatic heterocycles. The van der Waals surface area contributed by atoms with Crippen molar-refractivity contribution in [2.45, 2.75) is 52.6 Å². The SMILES string of the molecule is CCN1CCCC1CNC(C)c1cc(C)sc1C. The number of likely N-dealkylation sites (tertiary alicyclic amines) is 1. The summed E-state index contributed by atoms with van der Waals surface area (Å²) in [7, 11) is 0. The van der Waals surface area contributed by atoms with Gasteiger partial charge in [-0.05, 0) is 58.3 Å². The first kappa shape index (κ1) is 14.0. The first-order chi connectivity index (χ1) is 8.61. The van der Waals surface area contributed by atoms with E-state index in [1.54, 1.807) is 0 Å². The Balaban J connectivity index is 1.88. The van der Waals surface area contributed by atoms with Gasteiger partial charge in [-0.15, -0.1) is 11.3 Å². The highest BCUT2D eigenvalue weighted by molar-refractivity contribution is 7.12. The third-order valence-electron chi connectivity index (χ3n) is 4.11. The smallest absolute Gasteiger partial charge is 0.0303 e. The molecular weight excluding hydrogens is 240 g/mol. The van der Waals surface area contributed by atoms with E-state index >= 15 is 0 Å². The molecule has 2 unspecified atom stereocenters. The Morgan fingerprint density at radius 1 is 1.50 bits per heavy atom. The van der Waals surface area contributed by atoms with E-state index in [1.165, 1.54) is 41.2 Å². The fourth-order valence-electron chi connectivity index (χ4n) is 3.05. The maximum atomic E-state index is 3.72. The number of nitrogens with one attached hydrogen (secondary N) is 1. The first-order valence-electron chi connectivity index (χ1n) is 7.16. The molecule has 2 rings (SSSR count). The van der Waals surface area contributed by atoms with Crippen LogP contribution in [0.1, 0.15) is 48.0 Å². The van der Waals surface area contributed by atoms with Gasteiger partial charge in [-0.3, -0.25) is 4.90 Å². The van der Waals surface area contributed by atoms with E-state index in [0.717, 1.165) is 12.6 Å². The molecule has 0 radical (unpaired) electrons. The minimum absolute atomic E-state index is 0.481. The maximum absolute atomic E-state index is 3.72. The Hall–Kier alpha value is -0.380. The molecule has 0 aliphatic carbocycles. The normalized spacial score (nSPS) is 22.6. The van der Waals surface area contributed by atoms with E-state index in [-0.39, 0.29) is 0 Å². The molecule has 1 aliphatic rings. The van der Waals surface area contributed by atoms with Crippen LogP contribution in [0, 0.1) is 13.8 Å². The van der Waals surface area contributed by atoms with Gasteiger partial charge in [-0.25, -0.2) is 0 Å². The summed E-state index contributed by atoms with van der Waals surface area (Å²) in [6.07, 6.45) is 2.72. The molecular formula is C15H26N2S. The van der Waals surface area contributed by atoms with Crippen molar-refractivity contribution in [3.05, 3.63) is 21.4 Å². The average Bonchev–Trinajstić information content (AvgIpc) is 2.92. The van der Waals surface area contributed by atoms with Gasteiger partial charge in [0.15, 0.2) is 0 Å². The number of rotatable bonds is 5. The second-order valence-electron chi connectivity index (χ2n) is 5.42. The third kappa shape index (κ3) is 3.14. The molecule has 1 aliphatic heterocycles. The molecule has 0 amide bonds. The lowest BCUT2D eigenvalue weighted by Gasteiger charge is -2.25. The zero-order valence-electron chi connectivity index (χ0n) is 12.1. The van der Waals surface area contributed by atoms with Crippen molar-refractivity contribution in [3.63, 3.8) is 0 Å². The molecule has 0 spiro atoms. The molecule has 18 heavy (non-hydrogen) atoms. The molecule has 1 aromatic rings. The minimum atomic E-state index is 0.481. The summed E-state index contributed by atoms with van der Waals surface area (Å²) >= 11 is 1.91. The Kier molecular flexibility index (Phi) is 4.82. The molecule has 0 saturated carbocycles. The Bertz CT molecular complexity index is 386. The van der Waals surface area contributed by atoms with Crippen molar-refractivity contribution in [1.82, 2.24) is 10.2 Å². The Morgan fingerprint density at radius 2 is 2.28 bits per heavy atom. The minimum Gasteiger partial charge on any atom is -0.309 e.